The highest BCUT2D eigenvalue weighted by atomic mass is 16.3. The number of hydrogen-bond acceptors (Lipinski definition) is 3. The number of hydrogen-bond donors (Lipinski definition) is 0. The monoisotopic (exact) mass is 426 g/mol. The molecule has 0 fully saturated rings. The minimum absolute atomic E-state index is 0.812. The zero-order chi connectivity index (χ0) is 21.8. The predicted octanol–water partition coefficient (Wildman–Crippen LogP) is 8.93. The van der Waals surface area contributed by atoms with E-state index < -0.39 is 0 Å². The molecule has 0 saturated carbocycles. The molecule has 0 amide bonds. The molecule has 0 N–H and O–H groups in total. The molecule has 3 nitrogen and oxygen atoms in total. The van der Waals surface area contributed by atoms with Crippen LogP contribution in [0.25, 0.3) is 66.9 Å². The second-order valence-electron chi connectivity index (χ2n) is 8.24. The Morgan fingerprint density at radius 3 is 0.939 bits per heavy atom. The Morgan fingerprint density at radius 2 is 0.636 bits per heavy atom. The molecule has 0 aliphatic heterocycles. The molecule has 0 aliphatic carbocycles. The summed E-state index contributed by atoms with van der Waals surface area (Å²) in [4.78, 5) is 0. The molecule has 0 saturated heterocycles. The van der Waals surface area contributed by atoms with E-state index in [0.29, 0.717) is 0 Å². The molecule has 156 valence electrons. The third kappa shape index (κ3) is 3.06. The van der Waals surface area contributed by atoms with Crippen LogP contribution in [-0.4, -0.2) is 0 Å². The van der Waals surface area contributed by atoms with Gasteiger partial charge < -0.3 is 13.3 Å². The fourth-order valence-corrected chi connectivity index (χ4v) is 4.43. The van der Waals surface area contributed by atoms with Crippen molar-refractivity contribution in [2.75, 3.05) is 0 Å². The van der Waals surface area contributed by atoms with Crippen molar-refractivity contribution in [2.45, 2.75) is 0 Å². The number of rotatable bonds is 3. The van der Waals surface area contributed by atoms with Gasteiger partial charge in [-0.15, -0.1) is 0 Å². The summed E-state index contributed by atoms with van der Waals surface area (Å²) in [6, 6.07) is 36.7. The Hall–Kier alpha value is -4.50. The van der Waals surface area contributed by atoms with Crippen LogP contribution in [0.3, 0.4) is 0 Å². The minimum atomic E-state index is 0.812. The zero-order valence-electron chi connectivity index (χ0n) is 17.6. The maximum Gasteiger partial charge on any atom is 0.135 e. The summed E-state index contributed by atoms with van der Waals surface area (Å²) in [6.45, 7) is 0. The molecule has 3 aromatic heterocycles. The summed E-state index contributed by atoms with van der Waals surface area (Å²) in [5.74, 6) is 2.43. The van der Waals surface area contributed by atoms with Crippen LogP contribution in [0, 0.1) is 0 Å². The highest BCUT2D eigenvalue weighted by molar-refractivity contribution is 5.89. The number of para-hydroxylation sites is 3. The summed E-state index contributed by atoms with van der Waals surface area (Å²) in [5, 5.41) is 3.23. The van der Waals surface area contributed by atoms with Crippen LogP contribution < -0.4 is 0 Å². The van der Waals surface area contributed by atoms with E-state index in [1.165, 1.54) is 0 Å². The highest BCUT2D eigenvalue weighted by Gasteiger charge is 2.15. The summed E-state index contributed by atoms with van der Waals surface area (Å²) in [7, 11) is 0. The molecule has 0 radical (unpaired) electrons. The molecule has 7 aromatic rings. The average Bonchev–Trinajstić information content (AvgIpc) is 3.59. The van der Waals surface area contributed by atoms with E-state index in [9.17, 15) is 0 Å². The van der Waals surface area contributed by atoms with Gasteiger partial charge in [0, 0.05) is 32.8 Å². The van der Waals surface area contributed by atoms with Crippen LogP contribution in [-0.2, 0) is 0 Å². The summed E-state index contributed by atoms with van der Waals surface area (Å²) < 4.78 is 18.6. The summed E-state index contributed by atoms with van der Waals surface area (Å²) in [5.41, 5.74) is 5.52. The Balaban J connectivity index is 1.46. The van der Waals surface area contributed by atoms with Gasteiger partial charge in [0.15, 0.2) is 0 Å². The second kappa shape index (κ2) is 7.01. The van der Waals surface area contributed by atoms with Gasteiger partial charge in [-0.25, -0.2) is 0 Å². The quantitative estimate of drug-likeness (QED) is 0.283. The van der Waals surface area contributed by atoms with Crippen molar-refractivity contribution < 1.29 is 13.3 Å². The zero-order valence-corrected chi connectivity index (χ0v) is 17.6. The molecule has 0 aliphatic rings. The molecule has 0 atom stereocenters. The van der Waals surface area contributed by atoms with Gasteiger partial charge in [-0.05, 0) is 54.6 Å². The van der Waals surface area contributed by atoms with Gasteiger partial charge in [0.1, 0.15) is 34.0 Å². The van der Waals surface area contributed by atoms with Gasteiger partial charge in [0.25, 0.3) is 0 Å². The largest absolute Gasteiger partial charge is 0.456 e. The van der Waals surface area contributed by atoms with E-state index in [1.54, 1.807) is 0 Å². The first-order chi connectivity index (χ1) is 16.3. The van der Waals surface area contributed by atoms with E-state index in [-0.39, 0.29) is 0 Å². The van der Waals surface area contributed by atoms with E-state index in [2.05, 4.69) is 54.6 Å². The topological polar surface area (TPSA) is 39.4 Å². The maximum atomic E-state index is 6.19. The first-order valence-electron chi connectivity index (χ1n) is 10.9. The molecule has 0 bridgehead atoms. The predicted molar refractivity (Wildman–Crippen MR) is 132 cm³/mol. The fourth-order valence-electron chi connectivity index (χ4n) is 4.43. The van der Waals surface area contributed by atoms with E-state index >= 15 is 0 Å². The third-order valence-electron chi connectivity index (χ3n) is 6.06. The summed E-state index contributed by atoms with van der Waals surface area (Å²) >= 11 is 0. The first kappa shape index (κ1) is 18.1. The van der Waals surface area contributed by atoms with Crippen LogP contribution in [0.1, 0.15) is 0 Å². The van der Waals surface area contributed by atoms with Crippen LogP contribution >= 0.6 is 0 Å². The van der Waals surface area contributed by atoms with Gasteiger partial charge >= 0.3 is 0 Å². The normalized spacial score (nSPS) is 11.6. The lowest BCUT2D eigenvalue weighted by atomic mass is 10.0. The molecule has 7 rings (SSSR count). The van der Waals surface area contributed by atoms with Crippen molar-refractivity contribution in [3.63, 3.8) is 0 Å². The lowest BCUT2D eigenvalue weighted by Gasteiger charge is -2.06. The second-order valence-corrected chi connectivity index (χ2v) is 8.24. The molecular weight excluding hydrogens is 408 g/mol. The van der Waals surface area contributed by atoms with Gasteiger partial charge in [-0.1, -0.05) is 54.6 Å². The Bertz CT molecular complexity index is 1460. The lowest BCUT2D eigenvalue weighted by molar-refractivity contribution is 0.627. The lowest BCUT2D eigenvalue weighted by Crippen LogP contribution is -1.83. The van der Waals surface area contributed by atoms with Crippen molar-refractivity contribution in [3.05, 3.63) is 109 Å². The SMILES string of the molecule is c1ccc2oc(-c3cc(-c4cc5ccccc5o4)cc(-c4cc5ccccc5o4)c3)cc2c1. The number of furan rings is 3. The molecule has 0 spiro atoms. The molecule has 33 heavy (non-hydrogen) atoms. The minimum Gasteiger partial charge on any atom is -0.456 e. The van der Waals surface area contributed by atoms with E-state index in [4.69, 9.17) is 13.3 Å². The highest BCUT2D eigenvalue weighted by Crippen LogP contribution is 2.38. The molecule has 4 aromatic carbocycles. The van der Waals surface area contributed by atoms with Crippen LogP contribution in [0.15, 0.2) is 122 Å². The molecule has 3 heterocycles. The third-order valence-corrected chi connectivity index (χ3v) is 6.06. The molecule has 0 unspecified atom stereocenters. The van der Waals surface area contributed by atoms with Gasteiger partial charge in [0.05, 0.1) is 0 Å². The van der Waals surface area contributed by atoms with E-state index in [0.717, 1.165) is 66.9 Å². The number of fused-ring (bicyclic) bond motifs is 3. The van der Waals surface area contributed by atoms with Crippen molar-refractivity contribution in [1.82, 2.24) is 0 Å². The van der Waals surface area contributed by atoms with Crippen LogP contribution in [0.4, 0.5) is 0 Å². The Labute approximate surface area is 189 Å². The van der Waals surface area contributed by atoms with Crippen molar-refractivity contribution in [2.24, 2.45) is 0 Å². The molecule has 3 heteroatoms. The van der Waals surface area contributed by atoms with Crippen molar-refractivity contribution >= 4 is 32.9 Å². The van der Waals surface area contributed by atoms with Crippen molar-refractivity contribution in [3.8, 4) is 34.0 Å². The smallest absolute Gasteiger partial charge is 0.135 e. The first-order valence-corrected chi connectivity index (χ1v) is 10.9. The maximum absolute atomic E-state index is 6.19. The van der Waals surface area contributed by atoms with Crippen LogP contribution in [0.2, 0.25) is 0 Å². The fraction of sp³-hybridized carbons (Fsp3) is 0. The van der Waals surface area contributed by atoms with E-state index in [1.807, 2.05) is 54.6 Å². The van der Waals surface area contributed by atoms with Crippen molar-refractivity contribution in [1.29, 1.82) is 0 Å². The van der Waals surface area contributed by atoms with Gasteiger partial charge in [-0.2, -0.15) is 0 Å². The molecular formula is C30H18O3. The van der Waals surface area contributed by atoms with Gasteiger partial charge in [-0.3, -0.25) is 0 Å². The Morgan fingerprint density at radius 1 is 0.333 bits per heavy atom. The van der Waals surface area contributed by atoms with Crippen LogP contribution in [0.5, 0.6) is 0 Å². The average molecular weight is 426 g/mol. The standard InChI is InChI=1S/C30H18O3/c1-4-10-25-19(7-1)16-28(31-25)22-13-23(29-17-20-8-2-5-11-26(20)32-29)15-24(14-22)30-18-21-9-3-6-12-27(21)33-30/h1-18H. The number of benzene rings is 4. The Kier molecular flexibility index (Phi) is 3.84. The summed E-state index contributed by atoms with van der Waals surface area (Å²) in [6.07, 6.45) is 0. The van der Waals surface area contributed by atoms with Gasteiger partial charge in [0.2, 0.25) is 0 Å².